The Morgan fingerprint density at radius 1 is 1.20 bits per heavy atom. The van der Waals surface area contributed by atoms with Crippen molar-refractivity contribution in [1.82, 2.24) is 16.0 Å². The van der Waals surface area contributed by atoms with Gasteiger partial charge in [0.15, 0.2) is 0 Å². The minimum atomic E-state index is -0.397. The van der Waals surface area contributed by atoms with Crippen LogP contribution >= 0.6 is 12.4 Å². The van der Waals surface area contributed by atoms with E-state index in [0.717, 1.165) is 24.9 Å². The summed E-state index contributed by atoms with van der Waals surface area (Å²) in [5, 5.41) is 9.40. The Morgan fingerprint density at radius 2 is 1.84 bits per heavy atom. The van der Waals surface area contributed by atoms with Crippen LogP contribution in [0.15, 0.2) is 24.3 Å². The number of carbonyl (C=O) groups is 2. The van der Waals surface area contributed by atoms with Crippen molar-refractivity contribution in [1.29, 1.82) is 0 Å². The van der Waals surface area contributed by atoms with Crippen molar-refractivity contribution < 1.29 is 9.59 Å². The second kappa shape index (κ2) is 9.20. The van der Waals surface area contributed by atoms with E-state index in [1.54, 1.807) is 0 Å². The van der Waals surface area contributed by atoms with Gasteiger partial charge in [0.2, 0.25) is 5.91 Å². The molecule has 0 aromatic heterocycles. The lowest BCUT2D eigenvalue weighted by Crippen LogP contribution is -2.46. The molecule has 0 spiro atoms. The molecule has 1 fully saturated rings. The second-order valence-corrected chi connectivity index (χ2v) is 7.68. The maximum absolute atomic E-state index is 12.3. The van der Waals surface area contributed by atoms with Crippen LogP contribution in [0.1, 0.15) is 56.5 Å². The Hall–Kier alpha value is -1.59. The first-order valence-corrected chi connectivity index (χ1v) is 8.67. The predicted molar refractivity (Wildman–Crippen MR) is 103 cm³/mol. The number of hydrogen-bond acceptors (Lipinski definition) is 3. The highest BCUT2D eigenvalue weighted by molar-refractivity contribution is 5.94. The molecule has 1 saturated heterocycles. The third-order valence-electron chi connectivity index (χ3n) is 4.31. The highest BCUT2D eigenvalue weighted by Gasteiger charge is 2.21. The molecule has 3 N–H and O–H groups in total. The maximum atomic E-state index is 12.3. The quantitative estimate of drug-likeness (QED) is 0.766. The minimum Gasteiger partial charge on any atom is -0.352 e. The summed E-state index contributed by atoms with van der Waals surface area (Å²) in [5.41, 5.74) is 1.25. The average molecular weight is 368 g/mol. The van der Waals surface area contributed by atoms with Crippen LogP contribution in [0, 0.1) is 5.41 Å². The molecule has 5 nitrogen and oxygen atoms in total. The average Bonchev–Trinajstić information content (AvgIpc) is 2.52. The first-order valence-electron chi connectivity index (χ1n) is 8.67. The molecule has 1 aromatic carbocycles. The Kier molecular flexibility index (Phi) is 7.90. The Labute approximate surface area is 156 Å². The van der Waals surface area contributed by atoms with Gasteiger partial charge in [-0.1, -0.05) is 32.9 Å². The maximum Gasteiger partial charge on any atom is 0.251 e. The van der Waals surface area contributed by atoms with Crippen LogP contribution in [0.2, 0.25) is 0 Å². The monoisotopic (exact) mass is 367 g/mol. The minimum absolute atomic E-state index is 0. The fourth-order valence-corrected chi connectivity index (χ4v) is 2.75. The lowest BCUT2D eigenvalue weighted by molar-refractivity contribution is -0.128. The van der Waals surface area contributed by atoms with Crippen molar-refractivity contribution in [2.75, 3.05) is 6.54 Å². The van der Waals surface area contributed by atoms with E-state index in [1.807, 2.05) is 45.0 Å². The zero-order chi connectivity index (χ0) is 17.7. The zero-order valence-corrected chi connectivity index (χ0v) is 16.3. The zero-order valence-electron chi connectivity index (χ0n) is 15.5. The van der Waals surface area contributed by atoms with Gasteiger partial charge < -0.3 is 16.0 Å². The fourth-order valence-electron chi connectivity index (χ4n) is 2.75. The Morgan fingerprint density at radius 3 is 2.40 bits per heavy atom. The van der Waals surface area contributed by atoms with E-state index in [-0.39, 0.29) is 30.3 Å². The van der Waals surface area contributed by atoms with Gasteiger partial charge in [0.05, 0.1) is 0 Å². The molecule has 2 unspecified atom stereocenters. The topological polar surface area (TPSA) is 70.2 Å². The SMILES string of the molecule is CC1CC(NC(=O)c2ccc(CNC(=O)C(C)(C)C)cc2)CCN1.Cl. The summed E-state index contributed by atoms with van der Waals surface area (Å²) in [4.78, 5) is 24.2. The number of carbonyl (C=O) groups excluding carboxylic acids is 2. The number of amides is 2. The highest BCUT2D eigenvalue weighted by Crippen LogP contribution is 2.14. The van der Waals surface area contributed by atoms with Crippen LogP contribution in [-0.2, 0) is 11.3 Å². The molecule has 140 valence electrons. The van der Waals surface area contributed by atoms with Crippen LogP contribution in [-0.4, -0.2) is 30.4 Å². The number of halogens is 1. The molecule has 0 aliphatic carbocycles. The van der Waals surface area contributed by atoms with E-state index >= 15 is 0 Å². The molecule has 2 amide bonds. The van der Waals surface area contributed by atoms with Crippen molar-refractivity contribution in [2.45, 2.75) is 59.2 Å². The van der Waals surface area contributed by atoms with Crippen molar-refractivity contribution in [2.24, 2.45) is 5.41 Å². The molecule has 25 heavy (non-hydrogen) atoms. The van der Waals surface area contributed by atoms with Crippen molar-refractivity contribution >= 4 is 24.2 Å². The molecule has 0 bridgehead atoms. The van der Waals surface area contributed by atoms with E-state index in [9.17, 15) is 9.59 Å². The first kappa shape index (κ1) is 21.5. The molecular formula is C19H30ClN3O2. The van der Waals surface area contributed by atoms with Gasteiger partial charge in [-0.25, -0.2) is 0 Å². The van der Waals surface area contributed by atoms with Crippen molar-refractivity contribution in [3.8, 4) is 0 Å². The van der Waals surface area contributed by atoms with Gasteiger partial charge in [0.1, 0.15) is 0 Å². The van der Waals surface area contributed by atoms with Gasteiger partial charge in [-0.05, 0) is 44.0 Å². The molecule has 1 aromatic rings. The van der Waals surface area contributed by atoms with Crippen LogP contribution in [0.4, 0.5) is 0 Å². The molecule has 2 atom stereocenters. The van der Waals surface area contributed by atoms with Gasteiger partial charge in [-0.15, -0.1) is 12.4 Å². The van der Waals surface area contributed by atoms with E-state index < -0.39 is 5.41 Å². The number of hydrogen-bond donors (Lipinski definition) is 3. The van der Waals surface area contributed by atoms with Crippen LogP contribution in [0.5, 0.6) is 0 Å². The van der Waals surface area contributed by atoms with Crippen molar-refractivity contribution in [3.05, 3.63) is 35.4 Å². The smallest absolute Gasteiger partial charge is 0.251 e. The first-order chi connectivity index (χ1) is 11.3. The van der Waals surface area contributed by atoms with E-state index in [2.05, 4.69) is 22.9 Å². The summed E-state index contributed by atoms with van der Waals surface area (Å²) < 4.78 is 0. The summed E-state index contributed by atoms with van der Waals surface area (Å²) in [6, 6.07) is 8.10. The normalized spacial score (nSPS) is 20.3. The van der Waals surface area contributed by atoms with Crippen LogP contribution < -0.4 is 16.0 Å². The number of nitrogens with one attached hydrogen (secondary N) is 3. The van der Waals surface area contributed by atoms with Crippen LogP contribution in [0.3, 0.4) is 0 Å². The Balaban J connectivity index is 0.00000312. The molecule has 0 saturated carbocycles. The van der Waals surface area contributed by atoms with Gasteiger partial charge in [-0.2, -0.15) is 0 Å². The summed E-state index contributed by atoms with van der Waals surface area (Å²) in [6.07, 6.45) is 1.93. The third kappa shape index (κ3) is 6.67. The summed E-state index contributed by atoms with van der Waals surface area (Å²) in [7, 11) is 0. The molecule has 2 rings (SSSR count). The van der Waals surface area contributed by atoms with E-state index in [4.69, 9.17) is 0 Å². The van der Waals surface area contributed by atoms with Crippen molar-refractivity contribution in [3.63, 3.8) is 0 Å². The van der Waals surface area contributed by atoms with Gasteiger partial charge >= 0.3 is 0 Å². The number of rotatable bonds is 4. The number of piperidine rings is 1. The predicted octanol–water partition coefficient (Wildman–Crippen LogP) is 2.64. The van der Waals surface area contributed by atoms with E-state index in [1.165, 1.54) is 0 Å². The Bertz CT molecular complexity index is 581. The summed E-state index contributed by atoms with van der Waals surface area (Å²) >= 11 is 0. The standard InChI is InChI=1S/C19H29N3O2.ClH/c1-13-11-16(9-10-20-13)22-17(23)15-7-5-14(6-8-15)12-21-18(24)19(2,3)4;/h5-8,13,16,20H,9-12H2,1-4H3,(H,21,24)(H,22,23);1H. The second-order valence-electron chi connectivity index (χ2n) is 7.68. The number of benzene rings is 1. The molecule has 0 radical (unpaired) electrons. The molecular weight excluding hydrogens is 338 g/mol. The lowest BCUT2D eigenvalue weighted by atomic mass is 9.95. The van der Waals surface area contributed by atoms with Gasteiger partial charge in [-0.3, -0.25) is 9.59 Å². The van der Waals surface area contributed by atoms with Gasteiger partial charge in [0.25, 0.3) is 5.91 Å². The molecule has 1 heterocycles. The fraction of sp³-hybridized carbons (Fsp3) is 0.579. The molecule has 6 heteroatoms. The summed E-state index contributed by atoms with van der Waals surface area (Å²) in [5.74, 6) is -0.0104. The largest absolute Gasteiger partial charge is 0.352 e. The molecule has 1 aliphatic heterocycles. The molecule has 1 aliphatic rings. The van der Waals surface area contributed by atoms with Gasteiger partial charge in [0, 0.05) is 29.6 Å². The highest BCUT2D eigenvalue weighted by atomic mass is 35.5. The van der Waals surface area contributed by atoms with E-state index in [0.29, 0.717) is 18.2 Å². The van der Waals surface area contributed by atoms with Crippen LogP contribution in [0.25, 0.3) is 0 Å². The third-order valence-corrected chi connectivity index (χ3v) is 4.31. The summed E-state index contributed by atoms with van der Waals surface area (Å²) in [6.45, 7) is 9.22. The lowest BCUT2D eigenvalue weighted by Gasteiger charge is -2.28.